The van der Waals surface area contributed by atoms with Crippen molar-refractivity contribution in [1.82, 2.24) is 9.55 Å². The Morgan fingerprint density at radius 1 is 1.23 bits per heavy atom. The monoisotopic (exact) mass is 178 g/mol. The summed E-state index contributed by atoms with van der Waals surface area (Å²) in [6.07, 6.45) is 0. The number of hydrogen-bond donors (Lipinski definition) is 2. The minimum Gasteiger partial charge on any atom is -0.388 e. The second kappa shape index (κ2) is 3.16. The summed E-state index contributed by atoms with van der Waals surface area (Å²) in [5.41, 5.74) is 1.63. The van der Waals surface area contributed by atoms with Gasteiger partial charge in [0.15, 0.2) is 0 Å². The van der Waals surface area contributed by atoms with Gasteiger partial charge in [0.2, 0.25) is 0 Å². The lowest BCUT2D eigenvalue weighted by molar-refractivity contribution is 0.194. The fourth-order valence-electron chi connectivity index (χ4n) is 1.40. The summed E-state index contributed by atoms with van der Waals surface area (Å²) in [4.78, 5) is 4.15. The number of fused-ring (bicyclic) bond motifs is 1. The first-order chi connectivity index (χ1) is 6.36. The Morgan fingerprint density at radius 2 is 2.00 bits per heavy atom. The summed E-state index contributed by atoms with van der Waals surface area (Å²) in [6, 6.07) is 7.45. The summed E-state index contributed by atoms with van der Waals surface area (Å²) in [5, 5.41) is 18.0. The molecular formula is C9H10N2O2. The molecule has 0 saturated carbocycles. The molecule has 1 aromatic carbocycles. The molecule has 68 valence electrons. The predicted octanol–water partition coefficient (Wildman–Crippen LogP) is 0.478. The Balaban J connectivity index is 2.73. The first-order valence-electron chi connectivity index (χ1n) is 4.02. The number of benzene rings is 1. The molecule has 0 spiro atoms. The van der Waals surface area contributed by atoms with Crippen LogP contribution in [0.2, 0.25) is 0 Å². The summed E-state index contributed by atoms with van der Waals surface area (Å²) < 4.78 is 1.58. The number of rotatable bonds is 2. The Bertz CT molecular complexity index is 422. The summed E-state index contributed by atoms with van der Waals surface area (Å²) in [5.74, 6) is 0.490. The van der Waals surface area contributed by atoms with Crippen molar-refractivity contribution in [2.75, 3.05) is 0 Å². The molecule has 4 heteroatoms. The molecule has 0 radical (unpaired) electrons. The highest BCUT2D eigenvalue weighted by atomic mass is 16.3. The molecule has 0 unspecified atom stereocenters. The topological polar surface area (TPSA) is 58.3 Å². The molecule has 0 aliphatic carbocycles. The van der Waals surface area contributed by atoms with E-state index >= 15 is 0 Å². The number of para-hydroxylation sites is 2. The third-order valence-electron chi connectivity index (χ3n) is 2.02. The van der Waals surface area contributed by atoms with Crippen LogP contribution in [-0.2, 0) is 13.3 Å². The molecular weight excluding hydrogens is 168 g/mol. The molecule has 0 amide bonds. The maximum Gasteiger partial charge on any atom is 0.137 e. The van der Waals surface area contributed by atoms with Crippen LogP contribution in [0.3, 0.4) is 0 Å². The number of nitrogens with zero attached hydrogens (tertiary/aromatic N) is 2. The maximum atomic E-state index is 9.05. The molecule has 0 saturated heterocycles. The fourth-order valence-corrected chi connectivity index (χ4v) is 1.40. The Labute approximate surface area is 75.1 Å². The molecule has 4 nitrogen and oxygen atoms in total. The lowest BCUT2D eigenvalue weighted by atomic mass is 10.3. The van der Waals surface area contributed by atoms with Gasteiger partial charge in [-0.15, -0.1) is 0 Å². The molecule has 2 N–H and O–H groups in total. The smallest absolute Gasteiger partial charge is 0.137 e. The van der Waals surface area contributed by atoms with Gasteiger partial charge in [0.1, 0.15) is 19.2 Å². The molecule has 2 aromatic rings. The molecule has 0 bridgehead atoms. The molecule has 0 atom stereocenters. The van der Waals surface area contributed by atoms with Crippen molar-refractivity contribution in [1.29, 1.82) is 0 Å². The van der Waals surface area contributed by atoms with Crippen molar-refractivity contribution in [3.63, 3.8) is 0 Å². The van der Waals surface area contributed by atoms with Crippen molar-refractivity contribution < 1.29 is 10.2 Å². The van der Waals surface area contributed by atoms with Gasteiger partial charge in [0, 0.05) is 0 Å². The van der Waals surface area contributed by atoms with Crippen molar-refractivity contribution in [3.05, 3.63) is 30.1 Å². The highest BCUT2D eigenvalue weighted by molar-refractivity contribution is 5.75. The molecule has 1 heterocycles. The number of aromatic nitrogens is 2. The van der Waals surface area contributed by atoms with E-state index in [0.717, 1.165) is 11.0 Å². The first kappa shape index (κ1) is 8.22. The standard InChI is InChI=1S/C9H10N2O2/c12-5-9-10-7-3-1-2-4-8(7)11(9)6-13/h1-4,12-13H,5-6H2. The summed E-state index contributed by atoms with van der Waals surface area (Å²) >= 11 is 0. The summed E-state index contributed by atoms with van der Waals surface area (Å²) in [6.45, 7) is -0.314. The normalized spacial score (nSPS) is 10.9. The Kier molecular flexibility index (Phi) is 2.00. The van der Waals surface area contributed by atoms with E-state index in [1.165, 1.54) is 0 Å². The highest BCUT2D eigenvalue weighted by Crippen LogP contribution is 2.14. The first-order valence-corrected chi connectivity index (χ1v) is 4.02. The molecule has 2 rings (SSSR count). The Hall–Kier alpha value is -1.39. The third-order valence-corrected chi connectivity index (χ3v) is 2.02. The van der Waals surface area contributed by atoms with E-state index in [0.29, 0.717) is 5.82 Å². The van der Waals surface area contributed by atoms with Crippen molar-refractivity contribution in [3.8, 4) is 0 Å². The minimum absolute atomic E-state index is 0.156. The highest BCUT2D eigenvalue weighted by Gasteiger charge is 2.06. The SMILES string of the molecule is OCc1nc2ccccc2n1CO. The molecule has 0 aliphatic heterocycles. The van der Waals surface area contributed by atoms with Crippen LogP contribution in [0.4, 0.5) is 0 Å². The third kappa shape index (κ3) is 1.20. The van der Waals surface area contributed by atoms with E-state index in [4.69, 9.17) is 10.2 Å². The number of hydrogen-bond acceptors (Lipinski definition) is 3. The average molecular weight is 178 g/mol. The lowest BCUT2D eigenvalue weighted by Crippen LogP contribution is -2.02. The van der Waals surface area contributed by atoms with Crippen molar-refractivity contribution in [2.24, 2.45) is 0 Å². The van der Waals surface area contributed by atoms with Crippen LogP contribution in [-0.4, -0.2) is 19.8 Å². The van der Waals surface area contributed by atoms with E-state index in [9.17, 15) is 0 Å². The lowest BCUT2D eigenvalue weighted by Gasteiger charge is -2.01. The van der Waals surface area contributed by atoms with Gasteiger partial charge in [-0.25, -0.2) is 4.98 Å². The van der Waals surface area contributed by atoms with Gasteiger partial charge in [0.05, 0.1) is 11.0 Å². The average Bonchev–Trinajstić information content (AvgIpc) is 2.55. The zero-order valence-corrected chi connectivity index (χ0v) is 7.01. The zero-order chi connectivity index (χ0) is 9.26. The second-order valence-electron chi connectivity index (χ2n) is 2.74. The number of aliphatic hydroxyl groups is 2. The Morgan fingerprint density at radius 3 is 2.69 bits per heavy atom. The van der Waals surface area contributed by atoms with Gasteiger partial charge in [-0.3, -0.25) is 0 Å². The zero-order valence-electron chi connectivity index (χ0n) is 7.01. The van der Waals surface area contributed by atoms with Crippen LogP contribution in [0.1, 0.15) is 5.82 Å². The van der Waals surface area contributed by atoms with Gasteiger partial charge in [-0.1, -0.05) is 12.1 Å². The van der Waals surface area contributed by atoms with E-state index in [-0.39, 0.29) is 13.3 Å². The number of imidazole rings is 1. The second-order valence-corrected chi connectivity index (χ2v) is 2.74. The molecule has 0 fully saturated rings. The van der Waals surface area contributed by atoms with E-state index < -0.39 is 0 Å². The largest absolute Gasteiger partial charge is 0.388 e. The van der Waals surface area contributed by atoms with Gasteiger partial charge < -0.3 is 14.8 Å². The van der Waals surface area contributed by atoms with Crippen LogP contribution in [0.25, 0.3) is 11.0 Å². The maximum absolute atomic E-state index is 9.05. The van der Waals surface area contributed by atoms with Crippen LogP contribution in [0.5, 0.6) is 0 Å². The van der Waals surface area contributed by atoms with Crippen LogP contribution in [0.15, 0.2) is 24.3 Å². The summed E-state index contributed by atoms with van der Waals surface area (Å²) in [7, 11) is 0. The van der Waals surface area contributed by atoms with Gasteiger partial charge in [-0.2, -0.15) is 0 Å². The van der Waals surface area contributed by atoms with Crippen LogP contribution < -0.4 is 0 Å². The van der Waals surface area contributed by atoms with Crippen LogP contribution in [0, 0.1) is 0 Å². The molecule has 1 aromatic heterocycles. The van der Waals surface area contributed by atoms with Crippen molar-refractivity contribution in [2.45, 2.75) is 13.3 Å². The van der Waals surface area contributed by atoms with Gasteiger partial charge >= 0.3 is 0 Å². The van der Waals surface area contributed by atoms with E-state index in [1.807, 2.05) is 24.3 Å². The fraction of sp³-hybridized carbons (Fsp3) is 0.222. The minimum atomic E-state index is -0.158. The van der Waals surface area contributed by atoms with E-state index in [1.54, 1.807) is 4.57 Å². The van der Waals surface area contributed by atoms with E-state index in [2.05, 4.69) is 4.98 Å². The number of aliphatic hydroxyl groups excluding tert-OH is 2. The van der Waals surface area contributed by atoms with Gasteiger partial charge in [0.25, 0.3) is 0 Å². The van der Waals surface area contributed by atoms with Crippen LogP contribution >= 0.6 is 0 Å². The van der Waals surface area contributed by atoms with Crippen molar-refractivity contribution >= 4 is 11.0 Å². The van der Waals surface area contributed by atoms with Gasteiger partial charge in [-0.05, 0) is 12.1 Å². The molecule has 13 heavy (non-hydrogen) atoms. The quantitative estimate of drug-likeness (QED) is 0.703. The predicted molar refractivity (Wildman–Crippen MR) is 47.9 cm³/mol. The molecule has 0 aliphatic rings.